The normalized spacial score (nSPS) is 43.7. The number of nitrogens with two attached hydrogens (primary N) is 1. The minimum absolute atomic E-state index is 0.0107. The summed E-state index contributed by atoms with van der Waals surface area (Å²) in [5.41, 5.74) is 7.57. The van der Waals surface area contributed by atoms with Crippen molar-refractivity contribution >= 4 is 11.9 Å². The van der Waals surface area contributed by atoms with E-state index in [0.29, 0.717) is 55.7 Å². The molecule has 4 aliphatic carbocycles. The topological polar surface area (TPSA) is 122 Å². The molecule has 0 aromatic heterocycles. The van der Waals surface area contributed by atoms with Gasteiger partial charge in [0, 0.05) is 31.6 Å². The van der Waals surface area contributed by atoms with Crippen LogP contribution in [0.1, 0.15) is 99.8 Å². The number of ether oxygens (including phenoxy) is 1. The molecule has 4 fully saturated rings. The van der Waals surface area contributed by atoms with Crippen LogP contribution in [0.15, 0.2) is 22.8 Å². The van der Waals surface area contributed by atoms with Gasteiger partial charge >= 0.3 is 11.9 Å². The van der Waals surface area contributed by atoms with Crippen LogP contribution in [0, 0.1) is 39.9 Å². The van der Waals surface area contributed by atoms with E-state index in [1.54, 1.807) is 0 Å². The van der Waals surface area contributed by atoms with Crippen molar-refractivity contribution in [3.8, 4) is 0 Å². The van der Waals surface area contributed by atoms with Crippen LogP contribution in [0.4, 0.5) is 0 Å². The molecule has 0 amide bonds. The molecule has 10 atom stereocenters. The maximum atomic E-state index is 12.7. The van der Waals surface area contributed by atoms with Gasteiger partial charge in [-0.25, -0.2) is 4.79 Å². The SMILES string of the molecule is CC(=O)O[C@H]1C[C@@]2(C)[C@@H](C[C@@H](O)[C@H]3[C@@]4(C)CC[C@H](NCCN)[C@@H](C)[C@@H]4CC[C@@]32C)/C1=C(\CCC=C(C)C)C(=O)O. The zero-order chi connectivity index (χ0) is 29.6. The summed E-state index contributed by atoms with van der Waals surface area (Å²) in [6.45, 7) is 16.4. The smallest absolute Gasteiger partial charge is 0.331 e. The molecule has 226 valence electrons. The van der Waals surface area contributed by atoms with Gasteiger partial charge in [-0.15, -0.1) is 0 Å². The average molecular weight is 559 g/mol. The van der Waals surface area contributed by atoms with E-state index in [0.717, 1.165) is 43.4 Å². The van der Waals surface area contributed by atoms with Crippen LogP contribution in [0.2, 0.25) is 0 Å². The van der Waals surface area contributed by atoms with Gasteiger partial charge in [-0.3, -0.25) is 4.79 Å². The highest BCUT2D eigenvalue weighted by molar-refractivity contribution is 5.88. The van der Waals surface area contributed by atoms with E-state index in [1.807, 2.05) is 13.8 Å². The Hall–Kier alpha value is -1.70. The van der Waals surface area contributed by atoms with Crippen molar-refractivity contribution in [1.82, 2.24) is 5.32 Å². The number of carboxylic acid groups (broad SMARTS) is 1. The number of carbonyl (C=O) groups is 2. The second kappa shape index (κ2) is 11.5. The summed E-state index contributed by atoms with van der Waals surface area (Å²) in [7, 11) is 0. The predicted octanol–water partition coefficient (Wildman–Crippen LogP) is 5.22. The largest absolute Gasteiger partial charge is 0.478 e. The van der Waals surface area contributed by atoms with E-state index >= 15 is 0 Å². The molecule has 7 nitrogen and oxygen atoms in total. The molecule has 4 rings (SSSR count). The number of hydrogen-bond acceptors (Lipinski definition) is 6. The van der Waals surface area contributed by atoms with Crippen molar-refractivity contribution in [1.29, 1.82) is 0 Å². The van der Waals surface area contributed by atoms with Crippen LogP contribution in [0.3, 0.4) is 0 Å². The summed E-state index contributed by atoms with van der Waals surface area (Å²) < 4.78 is 5.92. The Morgan fingerprint density at radius 1 is 1.12 bits per heavy atom. The number of rotatable bonds is 8. The molecule has 0 aromatic rings. The van der Waals surface area contributed by atoms with Crippen LogP contribution in [-0.4, -0.2) is 53.5 Å². The minimum atomic E-state index is -0.937. The molecule has 4 saturated carbocycles. The molecule has 0 aromatic carbocycles. The van der Waals surface area contributed by atoms with Gasteiger partial charge in [0.05, 0.1) is 6.10 Å². The molecule has 0 heterocycles. The van der Waals surface area contributed by atoms with E-state index in [4.69, 9.17) is 10.5 Å². The number of aliphatic hydroxyl groups excluding tert-OH is 1. The van der Waals surface area contributed by atoms with Gasteiger partial charge in [0.1, 0.15) is 6.10 Å². The Morgan fingerprint density at radius 2 is 1.82 bits per heavy atom. The summed E-state index contributed by atoms with van der Waals surface area (Å²) in [5, 5.41) is 26.2. The van der Waals surface area contributed by atoms with Crippen LogP contribution < -0.4 is 11.1 Å². The second-order valence-corrected chi connectivity index (χ2v) is 14.4. The summed E-state index contributed by atoms with van der Waals surface area (Å²) >= 11 is 0. The van der Waals surface area contributed by atoms with Gasteiger partial charge in [0.25, 0.3) is 0 Å². The van der Waals surface area contributed by atoms with Crippen molar-refractivity contribution < 1.29 is 24.5 Å². The minimum Gasteiger partial charge on any atom is -0.478 e. The lowest BCUT2D eigenvalue weighted by Crippen LogP contribution is -2.66. The number of carboxylic acids is 1. The number of fused-ring (bicyclic) bond motifs is 5. The van der Waals surface area contributed by atoms with E-state index in [-0.39, 0.29) is 34.1 Å². The van der Waals surface area contributed by atoms with Gasteiger partial charge in [0.2, 0.25) is 0 Å². The van der Waals surface area contributed by atoms with E-state index in [1.165, 1.54) is 6.92 Å². The zero-order valence-corrected chi connectivity index (χ0v) is 25.9. The first-order valence-corrected chi connectivity index (χ1v) is 15.6. The van der Waals surface area contributed by atoms with Crippen molar-refractivity contribution in [2.75, 3.05) is 13.1 Å². The summed E-state index contributed by atoms with van der Waals surface area (Å²) in [6, 6.07) is 0.448. The van der Waals surface area contributed by atoms with Gasteiger partial charge in [0.15, 0.2) is 0 Å². The van der Waals surface area contributed by atoms with Gasteiger partial charge in [-0.1, -0.05) is 39.3 Å². The third kappa shape index (κ3) is 5.09. The molecular weight excluding hydrogens is 504 g/mol. The molecule has 7 heteroatoms. The van der Waals surface area contributed by atoms with Crippen molar-refractivity contribution in [2.45, 2.75) is 118 Å². The molecule has 0 spiro atoms. The molecule has 0 bridgehead atoms. The van der Waals surface area contributed by atoms with Crippen molar-refractivity contribution in [3.63, 3.8) is 0 Å². The molecule has 0 aliphatic heterocycles. The number of aliphatic hydroxyl groups is 1. The average Bonchev–Trinajstić information content (AvgIpc) is 3.12. The first-order valence-electron chi connectivity index (χ1n) is 15.6. The summed E-state index contributed by atoms with van der Waals surface area (Å²) in [5.74, 6) is -0.347. The highest BCUT2D eigenvalue weighted by Crippen LogP contribution is 2.74. The molecule has 4 aliphatic rings. The Kier molecular flexibility index (Phi) is 9.00. The Labute approximate surface area is 241 Å². The molecule has 0 radical (unpaired) electrons. The zero-order valence-electron chi connectivity index (χ0n) is 25.9. The number of nitrogens with one attached hydrogen (secondary N) is 1. The lowest BCUT2D eigenvalue weighted by molar-refractivity contribution is -0.227. The predicted molar refractivity (Wildman–Crippen MR) is 157 cm³/mol. The lowest BCUT2D eigenvalue weighted by atomic mass is 9.36. The molecule has 5 N–H and O–H groups in total. The molecular formula is C33H54N2O5. The van der Waals surface area contributed by atoms with Gasteiger partial charge in [-0.2, -0.15) is 0 Å². The van der Waals surface area contributed by atoms with Crippen LogP contribution >= 0.6 is 0 Å². The van der Waals surface area contributed by atoms with Crippen LogP contribution in [-0.2, 0) is 14.3 Å². The Balaban J connectivity index is 1.76. The maximum Gasteiger partial charge on any atom is 0.331 e. The van der Waals surface area contributed by atoms with Crippen molar-refractivity contribution in [2.24, 2.45) is 45.7 Å². The van der Waals surface area contributed by atoms with Crippen molar-refractivity contribution in [3.05, 3.63) is 22.8 Å². The van der Waals surface area contributed by atoms with Gasteiger partial charge in [-0.05, 0) is 111 Å². The fourth-order valence-electron chi connectivity index (χ4n) is 10.4. The fraction of sp³-hybridized carbons (Fsp3) is 0.818. The van der Waals surface area contributed by atoms with E-state index in [2.05, 4.69) is 39.1 Å². The molecule has 0 saturated heterocycles. The number of esters is 1. The highest BCUT2D eigenvalue weighted by Gasteiger charge is 2.70. The van der Waals surface area contributed by atoms with E-state index < -0.39 is 18.2 Å². The molecule has 0 unspecified atom stereocenters. The first kappa shape index (κ1) is 31.2. The van der Waals surface area contributed by atoms with Crippen LogP contribution in [0.5, 0.6) is 0 Å². The second-order valence-electron chi connectivity index (χ2n) is 14.4. The number of hydrogen-bond donors (Lipinski definition) is 4. The summed E-state index contributed by atoms with van der Waals surface area (Å²) in [4.78, 5) is 25.0. The van der Waals surface area contributed by atoms with Gasteiger partial charge < -0.3 is 26.0 Å². The van der Waals surface area contributed by atoms with E-state index in [9.17, 15) is 19.8 Å². The number of carbonyl (C=O) groups excluding carboxylic acids is 1. The lowest BCUT2D eigenvalue weighted by Gasteiger charge is -2.69. The summed E-state index contributed by atoms with van der Waals surface area (Å²) in [6.07, 6.45) is 7.33. The third-order valence-corrected chi connectivity index (χ3v) is 12.2. The standard InChI is InChI=1S/C33H54N2O5/c1-19(2)9-8-10-22(30(38)39)28-24-17-26(37)29-31(5)13-12-25(35-16-15-34)20(3)23(31)11-14-32(29,6)33(24,7)18-27(28)40-21(4)36/h9,20,23-27,29,35,37H,8,10-18,34H2,1-7H3,(H,38,39)/b28-22-/t20-,23-,24-,25-,26+,27-,29-,31-,32-,33-/m0/s1. The number of allylic oxidation sites excluding steroid dienone is 2. The fourth-order valence-corrected chi connectivity index (χ4v) is 10.4. The Morgan fingerprint density at radius 3 is 2.42 bits per heavy atom. The highest BCUT2D eigenvalue weighted by atomic mass is 16.5. The third-order valence-electron chi connectivity index (χ3n) is 12.2. The monoisotopic (exact) mass is 558 g/mol. The number of aliphatic carboxylic acids is 1. The first-order chi connectivity index (χ1) is 18.7. The maximum absolute atomic E-state index is 12.7. The quantitative estimate of drug-likeness (QED) is 0.183. The van der Waals surface area contributed by atoms with Crippen LogP contribution in [0.25, 0.3) is 0 Å². The Bertz CT molecular complexity index is 1050. The molecule has 40 heavy (non-hydrogen) atoms.